The van der Waals surface area contributed by atoms with E-state index < -0.39 is 0 Å². The summed E-state index contributed by atoms with van der Waals surface area (Å²) in [5.41, 5.74) is 2.64. The summed E-state index contributed by atoms with van der Waals surface area (Å²) in [6.07, 6.45) is 14.6. The van der Waals surface area contributed by atoms with E-state index in [2.05, 4.69) is 29.4 Å². The monoisotopic (exact) mass is 346 g/mol. The third-order valence-corrected chi connectivity index (χ3v) is 4.64. The van der Waals surface area contributed by atoms with Crippen LogP contribution in [0.5, 0.6) is 0 Å². The summed E-state index contributed by atoms with van der Waals surface area (Å²) in [5.74, 6) is 0. The maximum Gasteiger partial charge on any atom is 0.134 e. The van der Waals surface area contributed by atoms with Gasteiger partial charge in [-0.1, -0.05) is 99.3 Å². The smallest absolute Gasteiger partial charge is 0.134 e. The van der Waals surface area contributed by atoms with Crippen molar-refractivity contribution in [2.75, 3.05) is 0 Å². The molecule has 1 rings (SSSR count). The summed E-state index contributed by atoms with van der Waals surface area (Å²) in [5, 5.41) is 24.2. The van der Waals surface area contributed by atoms with Gasteiger partial charge in [0.2, 0.25) is 0 Å². The SMILES string of the molecule is CCCCCCCCCCCCc1ccc(C(=N\O)/C(C)=N/O)cc1. The lowest BCUT2D eigenvalue weighted by molar-refractivity contribution is 0.314. The molecule has 4 nitrogen and oxygen atoms in total. The van der Waals surface area contributed by atoms with Crippen LogP contribution >= 0.6 is 0 Å². The average Bonchev–Trinajstić information content (AvgIpc) is 2.64. The largest absolute Gasteiger partial charge is 0.411 e. The maximum atomic E-state index is 9.05. The zero-order chi connectivity index (χ0) is 18.3. The summed E-state index contributed by atoms with van der Waals surface area (Å²) in [6.45, 7) is 3.86. The number of hydrogen-bond donors (Lipinski definition) is 2. The summed E-state index contributed by atoms with van der Waals surface area (Å²) in [6, 6.07) is 7.93. The third-order valence-electron chi connectivity index (χ3n) is 4.64. The second-order valence-electron chi connectivity index (χ2n) is 6.76. The zero-order valence-corrected chi connectivity index (χ0v) is 15.9. The van der Waals surface area contributed by atoms with E-state index in [1.165, 1.54) is 69.8 Å². The second-order valence-corrected chi connectivity index (χ2v) is 6.76. The van der Waals surface area contributed by atoms with E-state index in [0.717, 1.165) is 12.0 Å². The Morgan fingerprint density at radius 2 is 1.28 bits per heavy atom. The van der Waals surface area contributed by atoms with Gasteiger partial charge in [-0.2, -0.15) is 0 Å². The Kier molecular flexibility index (Phi) is 11.4. The van der Waals surface area contributed by atoms with E-state index in [4.69, 9.17) is 10.4 Å². The molecule has 0 spiro atoms. The van der Waals surface area contributed by atoms with Crippen LogP contribution < -0.4 is 0 Å². The topological polar surface area (TPSA) is 65.2 Å². The molecule has 2 N–H and O–H groups in total. The molecule has 0 fully saturated rings. The number of oxime groups is 2. The van der Waals surface area contributed by atoms with Crippen LogP contribution in [-0.4, -0.2) is 21.8 Å². The van der Waals surface area contributed by atoms with Gasteiger partial charge in [0.05, 0.1) is 0 Å². The predicted molar refractivity (Wildman–Crippen MR) is 105 cm³/mol. The van der Waals surface area contributed by atoms with Crippen molar-refractivity contribution in [3.05, 3.63) is 35.4 Å². The van der Waals surface area contributed by atoms with Gasteiger partial charge in [-0.05, 0) is 25.3 Å². The predicted octanol–water partition coefficient (Wildman–Crippen LogP) is 6.18. The number of nitrogens with zero attached hydrogens (tertiary/aromatic N) is 2. The van der Waals surface area contributed by atoms with Crippen LogP contribution in [-0.2, 0) is 6.42 Å². The van der Waals surface area contributed by atoms with Crippen LogP contribution in [0.3, 0.4) is 0 Å². The number of hydrogen-bond acceptors (Lipinski definition) is 4. The molecule has 140 valence electrons. The second kappa shape index (κ2) is 13.5. The van der Waals surface area contributed by atoms with Crippen LogP contribution in [0.2, 0.25) is 0 Å². The van der Waals surface area contributed by atoms with Crippen molar-refractivity contribution in [3.63, 3.8) is 0 Å². The summed E-state index contributed by atoms with van der Waals surface area (Å²) >= 11 is 0. The summed E-state index contributed by atoms with van der Waals surface area (Å²) in [7, 11) is 0. The fraction of sp³-hybridized carbons (Fsp3) is 0.619. The third kappa shape index (κ3) is 8.71. The van der Waals surface area contributed by atoms with E-state index in [1.807, 2.05) is 12.1 Å². The number of benzene rings is 1. The minimum Gasteiger partial charge on any atom is -0.411 e. The standard InChI is InChI=1S/C21H34N2O2/c1-3-4-5-6-7-8-9-10-11-12-13-19-14-16-20(17-15-19)21(23-25)18(2)22-24/h14-17,24-25H,3-13H2,1-2H3/b22-18+,23-21-. The first-order chi connectivity index (χ1) is 12.2. The Bertz CT molecular complexity index is 521. The summed E-state index contributed by atoms with van der Waals surface area (Å²) < 4.78 is 0. The fourth-order valence-corrected chi connectivity index (χ4v) is 3.03. The average molecular weight is 347 g/mol. The van der Waals surface area contributed by atoms with Crippen LogP contribution in [0.1, 0.15) is 89.2 Å². The minimum atomic E-state index is 0.296. The fourth-order valence-electron chi connectivity index (χ4n) is 3.03. The van der Waals surface area contributed by atoms with Crippen molar-refractivity contribution in [1.29, 1.82) is 0 Å². The van der Waals surface area contributed by atoms with Gasteiger partial charge < -0.3 is 10.4 Å². The van der Waals surface area contributed by atoms with Crippen molar-refractivity contribution in [2.45, 2.75) is 84.5 Å². The highest BCUT2D eigenvalue weighted by Crippen LogP contribution is 2.13. The normalized spacial score (nSPS) is 12.6. The van der Waals surface area contributed by atoms with Crippen LogP contribution in [0, 0.1) is 0 Å². The van der Waals surface area contributed by atoms with Crippen LogP contribution in [0.25, 0.3) is 0 Å². The van der Waals surface area contributed by atoms with Crippen molar-refractivity contribution < 1.29 is 10.4 Å². The molecule has 0 radical (unpaired) electrons. The first kappa shape index (κ1) is 21.2. The van der Waals surface area contributed by atoms with Gasteiger partial charge >= 0.3 is 0 Å². The van der Waals surface area contributed by atoms with Crippen molar-refractivity contribution >= 4 is 11.4 Å². The van der Waals surface area contributed by atoms with Crippen LogP contribution in [0.4, 0.5) is 0 Å². The lowest BCUT2D eigenvalue weighted by Gasteiger charge is -2.06. The number of rotatable bonds is 13. The van der Waals surface area contributed by atoms with Gasteiger partial charge in [0.1, 0.15) is 11.4 Å². The molecule has 0 aliphatic carbocycles. The van der Waals surface area contributed by atoms with Gasteiger partial charge in [0.15, 0.2) is 0 Å². The maximum absolute atomic E-state index is 9.05. The molecule has 0 bridgehead atoms. The number of aryl methyl sites for hydroxylation is 1. The Labute approximate surface area is 152 Å². The van der Waals surface area contributed by atoms with Crippen LogP contribution in [0.15, 0.2) is 34.6 Å². The van der Waals surface area contributed by atoms with Gasteiger partial charge in [-0.25, -0.2) is 0 Å². The highest BCUT2D eigenvalue weighted by Gasteiger charge is 2.08. The molecule has 1 aromatic rings. The first-order valence-corrected chi connectivity index (χ1v) is 9.73. The summed E-state index contributed by atoms with van der Waals surface area (Å²) in [4.78, 5) is 0. The molecule has 0 aliphatic rings. The molecule has 0 aromatic heterocycles. The Hall–Kier alpha value is -1.84. The van der Waals surface area contributed by atoms with Gasteiger partial charge in [-0.3, -0.25) is 0 Å². The Balaban J connectivity index is 2.20. The molecule has 0 atom stereocenters. The van der Waals surface area contributed by atoms with Gasteiger partial charge in [0.25, 0.3) is 0 Å². The highest BCUT2D eigenvalue weighted by atomic mass is 16.4. The molecule has 0 saturated carbocycles. The molecular weight excluding hydrogens is 312 g/mol. The Morgan fingerprint density at radius 3 is 1.76 bits per heavy atom. The van der Waals surface area contributed by atoms with Gasteiger partial charge in [-0.15, -0.1) is 0 Å². The van der Waals surface area contributed by atoms with E-state index in [-0.39, 0.29) is 0 Å². The van der Waals surface area contributed by atoms with Crippen molar-refractivity contribution in [2.24, 2.45) is 10.3 Å². The molecule has 0 amide bonds. The first-order valence-electron chi connectivity index (χ1n) is 9.73. The van der Waals surface area contributed by atoms with Gasteiger partial charge in [0, 0.05) is 5.56 Å². The molecule has 0 saturated heterocycles. The Morgan fingerprint density at radius 1 is 0.760 bits per heavy atom. The minimum absolute atomic E-state index is 0.296. The van der Waals surface area contributed by atoms with Crippen molar-refractivity contribution in [1.82, 2.24) is 0 Å². The zero-order valence-electron chi connectivity index (χ0n) is 15.9. The molecule has 4 heteroatoms. The van der Waals surface area contributed by atoms with Crippen molar-refractivity contribution in [3.8, 4) is 0 Å². The van der Waals surface area contributed by atoms with E-state index in [0.29, 0.717) is 11.4 Å². The lowest BCUT2D eigenvalue weighted by Crippen LogP contribution is -2.12. The van der Waals surface area contributed by atoms with E-state index in [9.17, 15) is 0 Å². The number of unbranched alkanes of at least 4 members (excludes halogenated alkanes) is 9. The highest BCUT2D eigenvalue weighted by molar-refractivity contribution is 6.47. The molecular formula is C21H34N2O2. The molecule has 0 aliphatic heterocycles. The van der Waals surface area contributed by atoms with E-state index in [1.54, 1.807) is 6.92 Å². The van der Waals surface area contributed by atoms with E-state index >= 15 is 0 Å². The quantitative estimate of drug-likeness (QED) is 0.194. The molecule has 25 heavy (non-hydrogen) atoms. The molecule has 0 unspecified atom stereocenters. The molecule has 1 aromatic carbocycles. The lowest BCUT2D eigenvalue weighted by atomic mass is 10.0. The molecule has 0 heterocycles.